The number of nitrogens with two attached hydrogens (primary N) is 1. The van der Waals surface area contributed by atoms with Crippen molar-refractivity contribution in [2.45, 2.75) is 19.4 Å². The molecule has 1 aliphatic heterocycles. The second-order valence-electron chi connectivity index (χ2n) is 5.64. The van der Waals surface area contributed by atoms with Gasteiger partial charge in [-0.15, -0.1) is 0 Å². The van der Waals surface area contributed by atoms with Crippen LogP contribution in [0.15, 0.2) is 35.3 Å². The zero-order valence-electron chi connectivity index (χ0n) is 12.4. The lowest BCUT2D eigenvalue weighted by Crippen LogP contribution is -2.35. The molecule has 1 saturated heterocycles. The maximum absolute atomic E-state index is 12.3. The molecular weight excluding hydrogens is 280 g/mol. The number of hydrogen-bond donors (Lipinski definition) is 2. The molecule has 0 radical (unpaired) electrons. The number of nitrogens with one attached hydrogen (secondary N) is 1. The van der Waals surface area contributed by atoms with Gasteiger partial charge in [0.25, 0.3) is 11.5 Å². The zero-order valence-corrected chi connectivity index (χ0v) is 12.4. The van der Waals surface area contributed by atoms with Gasteiger partial charge in [-0.2, -0.15) is 0 Å². The first-order valence-electron chi connectivity index (χ1n) is 7.26. The SMILES string of the molecule is Cc1ccc(-c2ncc(C(=O)N3CC[C@@H](N)C3)c(=O)[nH]2)cc1. The topological polar surface area (TPSA) is 92.1 Å². The first-order valence-corrected chi connectivity index (χ1v) is 7.26. The molecule has 1 aliphatic rings. The van der Waals surface area contributed by atoms with Gasteiger partial charge in [-0.25, -0.2) is 4.98 Å². The molecule has 0 saturated carbocycles. The fourth-order valence-electron chi connectivity index (χ4n) is 2.55. The first-order chi connectivity index (χ1) is 10.5. The van der Waals surface area contributed by atoms with Crippen LogP contribution in [-0.4, -0.2) is 39.9 Å². The van der Waals surface area contributed by atoms with Crippen molar-refractivity contribution in [1.82, 2.24) is 14.9 Å². The van der Waals surface area contributed by atoms with Crippen LogP contribution < -0.4 is 11.3 Å². The van der Waals surface area contributed by atoms with Crippen molar-refractivity contribution in [2.24, 2.45) is 5.73 Å². The van der Waals surface area contributed by atoms with E-state index in [1.54, 1.807) is 4.90 Å². The van der Waals surface area contributed by atoms with Gasteiger partial charge in [0.05, 0.1) is 0 Å². The normalized spacial score (nSPS) is 17.7. The van der Waals surface area contributed by atoms with E-state index in [-0.39, 0.29) is 17.5 Å². The van der Waals surface area contributed by atoms with Gasteiger partial charge in [0.2, 0.25) is 0 Å². The van der Waals surface area contributed by atoms with E-state index in [2.05, 4.69) is 9.97 Å². The van der Waals surface area contributed by atoms with Gasteiger partial charge < -0.3 is 15.6 Å². The summed E-state index contributed by atoms with van der Waals surface area (Å²) in [6.45, 7) is 3.06. The van der Waals surface area contributed by atoms with Crippen LogP contribution in [0.3, 0.4) is 0 Å². The average molecular weight is 298 g/mol. The number of aromatic nitrogens is 2. The molecular formula is C16H18N4O2. The molecule has 6 heteroatoms. The van der Waals surface area contributed by atoms with Crippen LogP contribution in [0.25, 0.3) is 11.4 Å². The van der Waals surface area contributed by atoms with Crippen LogP contribution in [0, 0.1) is 6.92 Å². The van der Waals surface area contributed by atoms with E-state index in [4.69, 9.17) is 5.73 Å². The van der Waals surface area contributed by atoms with Gasteiger partial charge in [-0.05, 0) is 13.3 Å². The average Bonchev–Trinajstić information content (AvgIpc) is 2.94. The quantitative estimate of drug-likeness (QED) is 0.862. The molecule has 0 aliphatic carbocycles. The Kier molecular flexibility index (Phi) is 3.77. The predicted molar refractivity (Wildman–Crippen MR) is 83.5 cm³/mol. The molecule has 1 atom stereocenters. The number of carbonyl (C=O) groups is 1. The van der Waals surface area contributed by atoms with E-state index >= 15 is 0 Å². The number of rotatable bonds is 2. The van der Waals surface area contributed by atoms with E-state index in [1.165, 1.54) is 6.20 Å². The molecule has 3 N–H and O–H groups in total. The number of hydrogen-bond acceptors (Lipinski definition) is 4. The lowest BCUT2D eigenvalue weighted by atomic mass is 10.1. The van der Waals surface area contributed by atoms with Crippen LogP contribution in [0.2, 0.25) is 0 Å². The molecule has 1 fully saturated rings. The largest absolute Gasteiger partial charge is 0.337 e. The number of benzene rings is 1. The number of likely N-dealkylation sites (tertiary alicyclic amines) is 1. The Hall–Kier alpha value is -2.47. The van der Waals surface area contributed by atoms with Gasteiger partial charge in [0.1, 0.15) is 11.4 Å². The van der Waals surface area contributed by atoms with Crippen LogP contribution in [-0.2, 0) is 0 Å². The lowest BCUT2D eigenvalue weighted by molar-refractivity contribution is 0.0788. The monoisotopic (exact) mass is 298 g/mol. The third kappa shape index (κ3) is 2.78. The fraction of sp³-hybridized carbons (Fsp3) is 0.312. The number of amides is 1. The van der Waals surface area contributed by atoms with Crippen LogP contribution in [0.5, 0.6) is 0 Å². The highest BCUT2D eigenvalue weighted by Gasteiger charge is 2.26. The summed E-state index contributed by atoms with van der Waals surface area (Å²) in [6, 6.07) is 7.64. The van der Waals surface area contributed by atoms with Crippen molar-refractivity contribution in [3.63, 3.8) is 0 Å². The van der Waals surface area contributed by atoms with Crippen molar-refractivity contribution >= 4 is 5.91 Å². The van der Waals surface area contributed by atoms with E-state index < -0.39 is 5.56 Å². The van der Waals surface area contributed by atoms with Gasteiger partial charge in [-0.3, -0.25) is 9.59 Å². The van der Waals surface area contributed by atoms with Gasteiger partial charge in [0.15, 0.2) is 0 Å². The van der Waals surface area contributed by atoms with Crippen molar-refractivity contribution in [3.05, 3.63) is 51.9 Å². The fourth-order valence-corrected chi connectivity index (χ4v) is 2.55. The minimum Gasteiger partial charge on any atom is -0.337 e. The minimum absolute atomic E-state index is 0.0113. The molecule has 114 valence electrons. The summed E-state index contributed by atoms with van der Waals surface area (Å²) in [5, 5.41) is 0. The van der Waals surface area contributed by atoms with Crippen molar-refractivity contribution in [2.75, 3.05) is 13.1 Å². The van der Waals surface area contributed by atoms with Gasteiger partial charge in [-0.1, -0.05) is 29.8 Å². The highest BCUT2D eigenvalue weighted by molar-refractivity contribution is 5.93. The molecule has 0 spiro atoms. The molecule has 3 rings (SSSR count). The lowest BCUT2D eigenvalue weighted by Gasteiger charge is -2.15. The summed E-state index contributed by atoms with van der Waals surface area (Å²) in [6.07, 6.45) is 2.11. The smallest absolute Gasteiger partial charge is 0.264 e. The number of H-pyrrole nitrogens is 1. The third-order valence-electron chi connectivity index (χ3n) is 3.87. The van der Waals surface area contributed by atoms with Crippen LogP contribution in [0.4, 0.5) is 0 Å². The number of aromatic amines is 1. The molecule has 22 heavy (non-hydrogen) atoms. The molecule has 0 unspecified atom stereocenters. The summed E-state index contributed by atoms with van der Waals surface area (Å²) in [5.41, 5.74) is 7.37. The van der Waals surface area contributed by atoms with Crippen molar-refractivity contribution < 1.29 is 4.79 Å². The van der Waals surface area contributed by atoms with Crippen LogP contribution >= 0.6 is 0 Å². The molecule has 1 aromatic carbocycles. The summed E-state index contributed by atoms with van der Waals surface area (Å²) < 4.78 is 0. The Bertz CT molecular complexity index is 751. The van der Waals surface area contributed by atoms with E-state index in [1.807, 2.05) is 31.2 Å². The van der Waals surface area contributed by atoms with Crippen molar-refractivity contribution in [1.29, 1.82) is 0 Å². The van der Waals surface area contributed by atoms with Gasteiger partial charge >= 0.3 is 0 Å². The molecule has 2 aromatic rings. The standard InChI is InChI=1S/C16H18N4O2/c1-10-2-4-11(5-3-10)14-18-8-13(15(21)19-14)16(22)20-7-6-12(17)9-20/h2-5,8,12H,6-7,9,17H2,1H3,(H,18,19,21)/t12-/m1/s1. The predicted octanol–water partition coefficient (Wildman–Crippen LogP) is 0.919. The molecule has 6 nitrogen and oxygen atoms in total. The molecule has 1 aromatic heterocycles. The number of carbonyl (C=O) groups excluding carboxylic acids is 1. The summed E-state index contributed by atoms with van der Waals surface area (Å²) in [4.78, 5) is 33.0. The summed E-state index contributed by atoms with van der Waals surface area (Å²) in [5.74, 6) is 0.150. The Morgan fingerprint density at radius 3 is 2.68 bits per heavy atom. The summed E-state index contributed by atoms with van der Waals surface area (Å²) >= 11 is 0. The Morgan fingerprint density at radius 1 is 1.36 bits per heavy atom. The Balaban J connectivity index is 1.88. The highest BCUT2D eigenvalue weighted by atomic mass is 16.2. The van der Waals surface area contributed by atoms with Crippen LogP contribution in [0.1, 0.15) is 22.3 Å². The van der Waals surface area contributed by atoms with Crippen molar-refractivity contribution in [3.8, 4) is 11.4 Å². The molecule has 1 amide bonds. The third-order valence-corrected chi connectivity index (χ3v) is 3.87. The van der Waals surface area contributed by atoms with E-state index in [9.17, 15) is 9.59 Å². The zero-order chi connectivity index (χ0) is 15.7. The minimum atomic E-state index is -0.420. The molecule has 0 bridgehead atoms. The molecule has 2 heterocycles. The van der Waals surface area contributed by atoms with Gasteiger partial charge in [0, 0.05) is 30.9 Å². The van der Waals surface area contributed by atoms with E-state index in [0.717, 1.165) is 17.5 Å². The maximum Gasteiger partial charge on any atom is 0.264 e. The number of nitrogens with zero attached hydrogens (tertiary/aromatic N) is 2. The Morgan fingerprint density at radius 2 is 2.09 bits per heavy atom. The number of aryl methyl sites for hydroxylation is 1. The summed E-state index contributed by atoms with van der Waals surface area (Å²) in [7, 11) is 0. The first kappa shape index (κ1) is 14.5. The second kappa shape index (κ2) is 5.73. The van der Waals surface area contributed by atoms with E-state index in [0.29, 0.717) is 18.9 Å². The second-order valence-corrected chi connectivity index (χ2v) is 5.64. The highest BCUT2D eigenvalue weighted by Crippen LogP contribution is 2.15. The Labute approximate surface area is 128 Å². The maximum atomic E-state index is 12.3.